The van der Waals surface area contributed by atoms with E-state index in [1.54, 1.807) is 7.11 Å². The molecule has 146 valence electrons. The van der Waals surface area contributed by atoms with Gasteiger partial charge in [-0.1, -0.05) is 6.42 Å². The van der Waals surface area contributed by atoms with Gasteiger partial charge < -0.3 is 25.3 Å². The minimum Gasteiger partial charge on any atom is -0.496 e. The first-order valence-electron chi connectivity index (χ1n) is 8.88. The van der Waals surface area contributed by atoms with E-state index in [2.05, 4.69) is 10.2 Å². The Morgan fingerprint density at radius 1 is 1.35 bits per heavy atom. The van der Waals surface area contributed by atoms with Gasteiger partial charge in [0.25, 0.3) is 0 Å². The number of carbonyl (C=O) groups is 1. The van der Waals surface area contributed by atoms with Crippen LogP contribution < -0.4 is 25.3 Å². The number of halogens is 1. The van der Waals surface area contributed by atoms with Crippen LogP contribution in [0.2, 0.25) is 0 Å². The van der Waals surface area contributed by atoms with E-state index in [0.29, 0.717) is 25.6 Å². The third-order valence-corrected chi connectivity index (χ3v) is 4.80. The van der Waals surface area contributed by atoms with Crippen LogP contribution in [0.3, 0.4) is 0 Å². The van der Waals surface area contributed by atoms with Gasteiger partial charge in [0.1, 0.15) is 5.75 Å². The highest BCUT2D eigenvalue weighted by molar-refractivity contribution is 5.85. The number of amides is 1. The minimum absolute atomic E-state index is 0. The van der Waals surface area contributed by atoms with Gasteiger partial charge in [0, 0.05) is 43.7 Å². The van der Waals surface area contributed by atoms with Gasteiger partial charge in [0.05, 0.1) is 7.11 Å². The molecular formula is C18H28ClN3O4. The quantitative estimate of drug-likeness (QED) is 0.742. The normalized spacial score (nSPS) is 18.9. The molecule has 0 aromatic heterocycles. The number of nitrogens with zero attached hydrogens (tertiary/aromatic N) is 1. The molecule has 0 saturated carbocycles. The predicted molar refractivity (Wildman–Crippen MR) is 101 cm³/mol. The molecule has 0 aliphatic carbocycles. The highest BCUT2D eigenvalue weighted by Gasteiger charge is 2.25. The molecule has 1 saturated heterocycles. The fourth-order valence-corrected chi connectivity index (χ4v) is 3.45. The first-order valence-corrected chi connectivity index (χ1v) is 8.88. The highest BCUT2D eigenvalue weighted by Crippen LogP contribution is 2.39. The molecule has 2 heterocycles. The van der Waals surface area contributed by atoms with E-state index in [1.165, 1.54) is 12.8 Å². The highest BCUT2D eigenvalue weighted by atomic mass is 35.5. The molecule has 3 rings (SSSR count). The van der Waals surface area contributed by atoms with E-state index in [1.807, 2.05) is 12.1 Å². The van der Waals surface area contributed by atoms with E-state index in [9.17, 15) is 4.79 Å². The first-order chi connectivity index (χ1) is 12.2. The molecule has 0 radical (unpaired) electrons. The number of hydrogen-bond donors (Lipinski definition) is 2. The number of nitrogens with two attached hydrogens (primary N) is 1. The van der Waals surface area contributed by atoms with Gasteiger partial charge >= 0.3 is 0 Å². The van der Waals surface area contributed by atoms with Gasteiger partial charge in [-0.15, -0.1) is 12.4 Å². The number of likely N-dealkylation sites (tertiary alicyclic amines) is 1. The number of piperidine rings is 1. The Labute approximate surface area is 160 Å². The monoisotopic (exact) mass is 385 g/mol. The molecule has 8 heteroatoms. The lowest BCUT2D eigenvalue weighted by Crippen LogP contribution is -2.46. The standard InChI is InChI=1S/C18H27N3O4.ClH/c1-23-15-9-17-16(24-12-25-17)8-13(15)11-21-7-3-2-4-14(21)10-20-18(22)5-6-19;/h8-9,14H,2-7,10-12,19H2,1H3,(H,20,22);1H. The van der Waals surface area contributed by atoms with Gasteiger partial charge in [-0.05, 0) is 25.5 Å². The van der Waals surface area contributed by atoms with Crippen molar-refractivity contribution in [2.24, 2.45) is 5.73 Å². The van der Waals surface area contributed by atoms with Crippen molar-refractivity contribution in [1.82, 2.24) is 10.2 Å². The Balaban J connectivity index is 0.00000243. The Kier molecular flexibility index (Phi) is 7.81. The van der Waals surface area contributed by atoms with Crippen molar-refractivity contribution in [3.05, 3.63) is 17.7 Å². The summed E-state index contributed by atoms with van der Waals surface area (Å²) in [6.45, 7) is 3.06. The van der Waals surface area contributed by atoms with Gasteiger partial charge in [-0.3, -0.25) is 9.69 Å². The van der Waals surface area contributed by atoms with Crippen molar-refractivity contribution in [3.63, 3.8) is 0 Å². The third kappa shape index (κ3) is 4.93. The lowest BCUT2D eigenvalue weighted by atomic mass is 10.0. The number of methoxy groups -OCH3 is 1. The SMILES string of the molecule is COc1cc2c(cc1CN1CCCCC1CNC(=O)CCN)OCO2.Cl. The molecular weight excluding hydrogens is 358 g/mol. The third-order valence-electron chi connectivity index (χ3n) is 4.80. The lowest BCUT2D eigenvalue weighted by Gasteiger charge is -2.36. The van der Waals surface area contributed by atoms with Crippen molar-refractivity contribution in [2.45, 2.75) is 38.3 Å². The Hall–Kier alpha value is -1.70. The molecule has 1 atom stereocenters. The molecule has 0 bridgehead atoms. The first kappa shape index (κ1) is 20.6. The van der Waals surface area contributed by atoms with Crippen LogP contribution in [-0.4, -0.2) is 50.4 Å². The van der Waals surface area contributed by atoms with Crippen molar-refractivity contribution in [3.8, 4) is 17.2 Å². The van der Waals surface area contributed by atoms with Crippen LogP contribution in [0.25, 0.3) is 0 Å². The minimum atomic E-state index is 0. The summed E-state index contributed by atoms with van der Waals surface area (Å²) in [7, 11) is 1.67. The Bertz CT molecular complexity index is 614. The summed E-state index contributed by atoms with van der Waals surface area (Å²) in [5, 5.41) is 3.00. The molecule has 1 unspecified atom stereocenters. The van der Waals surface area contributed by atoms with E-state index < -0.39 is 0 Å². The molecule has 0 spiro atoms. The van der Waals surface area contributed by atoms with Crippen molar-refractivity contribution in [1.29, 1.82) is 0 Å². The summed E-state index contributed by atoms with van der Waals surface area (Å²) >= 11 is 0. The number of benzene rings is 1. The van der Waals surface area contributed by atoms with Gasteiger partial charge in [0.2, 0.25) is 12.7 Å². The number of rotatable bonds is 7. The fraction of sp³-hybridized carbons (Fsp3) is 0.611. The van der Waals surface area contributed by atoms with Crippen LogP contribution in [0.4, 0.5) is 0 Å². The molecule has 1 fully saturated rings. The zero-order chi connectivity index (χ0) is 17.6. The Morgan fingerprint density at radius 3 is 2.85 bits per heavy atom. The van der Waals surface area contributed by atoms with E-state index in [0.717, 1.165) is 42.3 Å². The lowest BCUT2D eigenvalue weighted by molar-refractivity contribution is -0.121. The average molecular weight is 386 g/mol. The topological polar surface area (TPSA) is 86.1 Å². The molecule has 2 aliphatic heterocycles. The van der Waals surface area contributed by atoms with Crippen LogP contribution >= 0.6 is 12.4 Å². The van der Waals surface area contributed by atoms with Crippen LogP contribution in [0, 0.1) is 0 Å². The van der Waals surface area contributed by atoms with Crippen molar-refractivity contribution < 1.29 is 19.0 Å². The summed E-state index contributed by atoms with van der Waals surface area (Å²) in [6.07, 6.45) is 3.81. The Morgan fingerprint density at radius 2 is 2.12 bits per heavy atom. The molecule has 26 heavy (non-hydrogen) atoms. The second-order valence-electron chi connectivity index (χ2n) is 6.48. The van der Waals surface area contributed by atoms with Gasteiger partial charge in [-0.25, -0.2) is 0 Å². The van der Waals surface area contributed by atoms with E-state index in [-0.39, 0.29) is 25.1 Å². The maximum absolute atomic E-state index is 11.7. The predicted octanol–water partition coefficient (Wildman–Crippen LogP) is 1.67. The maximum Gasteiger partial charge on any atom is 0.231 e. The second-order valence-corrected chi connectivity index (χ2v) is 6.48. The average Bonchev–Trinajstić information content (AvgIpc) is 3.08. The number of ether oxygens (including phenoxy) is 3. The van der Waals surface area contributed by atoms with Crippen LogP contribution in [0.1, 0.15) is 31.2 Å². The number of carbonyl (C=O) groups excluding carboxylic acids is 1. The summed E-state index contributed by atoms with van der Waals surface area (Å²) in [4.78, 5) is 14.1. The molecule has 1 aromatic carbocycles. The summed E-state index contributed by atoms with van der Waals surface area (Å²) in [5.74, 6) is 2.32. The van der Waals surface area contributed by atoms with Gasteiger partial charge in [-0.2, -0.15) is 0 Å². The zero-order valence-corrected chi connectivity index (χ0v) is 16.0. The molecule has 7 nitrogen and oxygen atoms in total. The smallest absolute Gasteiger partial charge is 0.231 e. The second kappa shape index (κ2) is 9.85. The van der Waals surface area contributed by atoms with Crippen LogP contribution in [0.15, 0.2) is 12.1 Å². The molecule has 1 amide bonds. The van der Waals surface area contributed by atoms with Crippen LogP contribution in [-0.2, 0) is 11.3 Å². The molecule has 2 aliphatic rings. The van der Waals surface area contributed by atoms with Crippen molar-refractivity contribution >= 4 is 18.3 Å². The van der Waals surface area contributed by atoms with Gasteiger partial charge in [0.15, 0.2) is 11.5 Å². The number of hydrogen-bond acceptors (Lipinski definition) is 6. The van der Waals surface area contributed by atoms with E-state index >= 15 is 0 Å². The van der Waals surface area contributed by atoms with E-state index in [4.69, 9.17) is 19.9 Å². The summed E-state index contributed by atoms with van der Waals surface area (Å²) < 4.78 is 16.4. The van der Waals surface area contributed by atoms with Crippen molar-refractivity contribution in [2.75, 3.05) is 33.5 Å². The maximum atomic E-state index is 11.7. The molecule has 3 N–H and O–H groups in total. The molecule has 1 aromatic rings. The van der Waals surface area contributed by atoms with Crippen LogP contribution in [0.5, 0.6) is 17.2 Å². The fourth-order valence-electron chi connectivity index (χ4n) is 3.45. The summed E-state index contributed by atoms with van der Waals surface area (Å²) in [6, 6.07) is 4.21. The number of fused-ring (bicyclic) bond motifs is 1. The summed E-state index contributed by atoms with van der Waals surface area (Å²) in [5.41, 5.74) is 6.51. The largest absolute Gasteiger partial charge is 0.496 e. The number of nitrogens with one attached hydrogen (secondary N) is 1. The zero-order valence-electron chi connectivity index (χ0n) is 15.2.